The van der Waals surface area contributed by atoms with Crippen LogP contribution in [0, 0.1) is 11.3 Å². The second kappa shape index (κ2) is 11.2. The molecule has 0 radical (unpaired) electrons. The highest BCUT2D eigenvalue weighted by Gasteiger charge is 2.22. The molecule has 2 aromatic carbocycles. The van der Waals surface area contributed by atoms with Gasteiger partial charge in [0.25, 0.3) is 5.91 Å². The number of H-pyrrole nitrogens is 1. The molecule has 0 unspecified atom stereocenters. The van der Waals surface area contributed by atoms with Crippen molar-refractivity contribution >= 4 is 28.6 Å². The van der Waals surface area contributed by atoms with Crippen molar-refractivity contribution in [1.82, 2.24) is 15.2 Å². The topological polar surface area (TPSA) is 111 Å². The van der Waals surface area contributed by atoms with Gasteiger partial charge in [-0.1, -0.05) is 0 Å². The van der Waals surface area contributed by atoms with Crippen molar-refractivity contribution in [3.63, 3.8) is 0 Å². The van der Waals surface area contributed by atoms with Crippen LogP contribution in [0.2, 0.25) is 0 Å². The Morgan fingerprint density at radius 3 is 2.49 bits per heavy atom. The maximum absolute atomic E-state index is 12.8. The fourth-order valence-electron chi connectivity index (χ4n) is 4.26. The summed E-state index contributed by atoms with van der Waals surface area (Å²) in [5, 5.41) is 12.7. The summed E-state index contributed by atoms with van der Waals surface area (Å²) in [4.78, 5) is 31.9. The number of benzene rings is 2. The Morgan fingerprint density at radius 2 is 1.81 bits per heavy atom. The summed E-state index contributed by atoms with van der Waals surface area (Å²) < 4.78 is 11.1. The zero-order valence-corrected chi connectivity index (χ0v) is 21.5. The van der Waals surface area contributed by atoms with Crippen molar-refractivity contribution < 1.29 is 19.1 Å². The largest absolute Gasteiger partial charge is 0.484 e. The minimum absolute atomic E-state index is 0.0255. The third kappa shape index (κ3) is 6.94. The van der Waals surface area contributed by atoms with Gasteiger partial charge in [-0.3, -0.25) is 4.79 Å². The molecule has 1 aliphatic heterocycles. The van der Waals surface area contributed by atoms with Crippen molar-refractivity contribution in [2.75, 3.05) is 44.2 Å². The van der Waals surface area contributed by atoms with Crippen molar-refractivity contribution in [2.45, 2.75) is 32.8 Å². The van der Waals surface area contributed by atoms with Crippen LogP contribution in [0.25, 0.3) is 10.9 Å². The summed E-state index contributed by atoms with van der Waals surface area (Å²) in [6.45, 7) is 8.60. The van der Waals surface area contributed by atoms with E-state index in [0.717, 1.165) is 35.2 Å². The van der Waals surface area contributed by atoms with Crippen LogP contribution >= 0.6 is 0 Å². The lowest BCUT2D eigenvalue weighted by Gasteiger charge is -2.36. The minimum Gasteiger partial charge on any atom is -0.484 e. The molecule has 194 valence electrons. The molecule has 0 spiro atoms. The van der Waals surface area contributed by atoms with Gasteiger partial charge in [0.05, 0.1) is 11.6 Å². The molecule has 2 N–H and O–H groups in total. The van der Waals surface area contributed by atoms with Crippen LogP contribution in [0.3, 0.4) is 0 Å². The second-order valence-corrected chi connectivity index (χ2v) is 10.0. The number of carbonyl (C=O) groups excluding carboxylic acids is 2. The molecule has 2 amide bonds. The van der Waals surface area contributed by atoms with Gasteiger partial charge in [0.1, 0.15) is 11.4 Å². The van der Waals surface area contributed by atoms with Crippen LogP contribution in [0.1, 0.15) is 31.9 Å². The third-order valence-corrected chi connectivity index (χ3v) is 6.16. The Balaban J connectivity index is 1.26. The van der Waals surface area contributed by atoms with Crippen LogP contribution in [0.5, 0.6) is 5.75 Å². The summed E-state index contributed by atoms with van der Waals surface area (Å²) >= 11 is 0. The number of rotatable bonds is 7. The number of aromatic amines is 1. The predicted molar refractivity (Wildman–Crippen MR) is 142 cm³/mol. The first-order valence-corrected chi connectivity index (χ1v) is 12.4. The highest BCUT2D eigenvalue weighted by Crippen LogP contribution is 2.24. The van der Waals surface area contributed by atoms with Crippen molar-refractivity contribution in [3.05, 3.63) is 59.8 Å². The zero-order valence-electron chi connectivity index (χ0n) is 21.5. The molecule has 2 heterocycles. The molecule has 1 fully saturated rings. The van der Waals surface area contributed by atoms with E-state index in [2.05, 4.69) is 21.3 Å². The number of nitrogens with zero attached hydrogens (tertiary/aromatic N) is 3. The van der Waals surface area contributed by atoms with Crippen LogP contribution in [0.15, 0.2) is 48.7 Å². The molecular weight excluding hydrogens is 470 g/mol. The fraction of sp³-hybridized carbons (Fsp3) is 0.393. The van der Waals surface area contributed by atoms with Gasteiger partial charge in [-0.15, -0.1) is 0 Å². The van der Waals surface area contributed by atoms with Crippen LogP contribution in [-0.4, -0.2) is 66.8 Å². The predicted octanol–water partition coefficient (Wildman–Crippen LogP) is 3.83. The second-order valence-electron chi connectivity index (χ2n) is 10.0. The van der Waals surface area contributed by atoms with Crippen LogP contribution in [0.4, 0.5) is 10.5 Å². The summed E-state index contributed by atoms with van der Waals surface area (Å²) in [7, 11) is 0. The summed E-state index contributed by atoms with van der Waals surface area (Å²) in [6, 6.07) is 15.3. The van der Waals surface area contributed by atoms with Gasteiger partial charge in [-0.2, -0.15) is 5.26 Å². The normalized spacial score (nSPS) is 13.8. The Hall–Kier alpha value is -4.19. The molecule has 4 rings (SSSR count). The average molecular weight is 504 g/mol. The molecule has 1 saturated heterocycles. The van der Waals surface area contributed by atoms with E-state index in [4.69, 9.17) is 14.7 Å². The SMILES string of the molecule is CC(C)(C)OC(=O)NCCc1c[nH]c2ccc(OCC(=O)N3CCN(c4ccc(C#N)cc4)CC3)cc12. The molecule has 0 aliphatic carbocycles. The number of carbonyl (C=O) groups is 2. The fourth-order valence-corrected chi connectivity index (χ4v) is 4.26. The standard InChI is InChI=1S/C28H33N5O4/c1-28(2,3)37-27(35)30-11-10-21-18-31-25-9-8-23(16-24(21)25)36-19-26(34)33-14-12-32(13-15-33)22-6-4-20(17-29)5-7-22/h4-9,16,18,31H,10-15,19H2,1-3H3,(H,30,35). The number of amides is 2. The monoisotopic (exact) mass is 503 g/mol. The number of hydrogen-bond acceptors (Lipinski definition) is 6. The Labute approximate surface area is 216 Å². The zero-order chi connectivity index (χ0) is 26.4. The third-order valence-electron chi connectivity index (χ3n) is 6.16. The number of alkyl carbamates (subject to hydrolysis) is 1. The molecule has 0 atom stereocenters. The van der Waals surface area contributed by atoms with Gasteiger partial charge in [0.2, 0.25) is 0 Å². The number of piperazine rings is 1. The summed E-state index contributed by atoms with van der Waals surface area (Å²) in [6.07, 6.45) is 2.11. The Kier molecular flexibility index (Phi) is 7.87. The number of nitrogens with one attached hydrogen (secondary N) is 2. The number of aromatic nitrogens is 1. The lowest BCUT2D eigenvalue weighted by Crippen LogP contribution is -2.50. The number of anilines is 1. The van der Waals surface area contributed by atoms with Crippen LogP contribution in [-0.2, 0) is 16.0 Å². The minimum atomic E-state index is -0.535. The van der Waals surface area contributed by atoms with E-state index < -0.39 is 11.7 Å². The van der Waals surface area contributed by atoms with Gasteiger partial charge < -0.3 is 29.6 Å². The number of fused-ring (bicyclic) bond motifs is 1. The highest BCUT2D eigenvalue weighted by atomic mass is 16.6. The Bertz CT molecular complexity index is 1280. The molecule has 1 aliphatic rings. The Morgan fingerprint density at radius 1 is 1.08 bits per heavy atom. The van der Waals surface area contributed by atoms with Gasteiger partial charge in [0, 0.05) is 55.5 Å². The van der Waals surface area contributed by atoms with Gasteiger partial charge in [-0.05, 0) is 75.2 Å². The van der Waals surface area contributed by atoms with Crippen molar-refractivity contribution in [1.29, 1.82) is 5.26 Å². The van der Waals surface area contributed by atoms with E-state index in [0.29, 0.717) is 37.4 Å². The van der Waals surface area contributed by atoms with E-state index >= 15 is 0 Å². The van der Waals surface area contributed by atoms with Crippen molar-refractivity contribution in [2.24, 2.45) is 0 Å². The van der Waals surface area contributed by atoms with Gasteiger partial charge in [0.15, 0.2) is 6.61 Å². The first-order chi connectivity index (χ1) is 17.7. The van der Waals surface area contributed by atoms with E-state index in [1.807, 2.05) is 74.3 Å². The van der Waals surface area contributed by atoms with Crippen molar-refractivity contribution in [3.8, 4) is 11.8 Å². The molecule has 0 bridgehead atoms. The lowest BCUT2D eigenvalue weighted by atomic mass is 10.1. The first kappa shape index (κ1) is 25.9. The summed E-state index contributed by atoms with van der Waals surface area (Å²) in [5.74, 6) is 0.577. The lowest BCUT2D eigenvalue weighted by molar-refractivity contribution is -0.133. The molecule has 37 heavy (non-hydrogen) atoms. The van der Waals surface area contributed by atoms with E-state index in [-0.39, 0.29) is 12.5 Å². The highest BCUT2D eigenvalue weighted by molar-refractivity contribution is 5.85. The van der Waals surface area contributed by atoms with Gasteiger partial charge in [-0.25, -0.2) is 4.79 Å². The summed E-state index contributed by atoms with van der Waals surface area (Å²) in [5.41, 5.74) is 3.16. The molecule has 9 nitrogen and oxygen atoms in total. The number of hydrogen-bond donors (Lipinski definition) is 2. The van der Waals surface area contributed by atoms with Gasteiger partial charge >= 0.3 is 6.09 Å². The maximum atomic E-state index is 12.8. The van der Waals surface area contributed by atoms with E-state index in [1.54, 1.807) is 0 Å². The van der Waals surface area contributed by atoms with Crippen LogP contribution < -0.4 is 15.0 Å². The number of nitriles is 1. The first-order valence-electron chi connectivity index (χ1n) is 12.4. The molecular formula is C28H33N5O4. The smallest absolute Gasteiger partial charge is 0.407 e. The maximum Gasteiger partial charge on any atom is 0.407 e. The molecule has 9 heteroatoms. The molecule has 1 aromatic heterocycles. The van der Waals surface area contributed by atoms with E-state index in [9.17, 15) is 9.59 Å². The number of ether oxygens (including phenoxy) is 2. The van der Waals surface area contributed by atoms with E-state index in [1.165, 1.54) is 0 Å². The quantitative estimate of drug-likeness (QED) is 0.507. The molecule has 3 aromatic rings. The molecule has 0 saturated carbocycles. The average Bonchev–Trinajstić information content (AvgIpc) is 3.28.